The molecule has 0 aliphatic carbocycles. The smallest absolute Gasteiger partial charge is 0 e. The average molecular weight is 390 g/mol. The Kier molecular flexibility index (Phi) is 19.2. The summed E-state index contributed by atoms with van der Waals surface area (Å²) >= 11 is 0. The summed E-state index contributed by atoms with van der Waals surface area (Å²) in [7, 11) is 0. The molecule has 4 rings (SSSR count). The van der Waals surface area contributed by atoms with E-state index in [1.54, 1.807) is 31.0 Å². The van der Waals surface area contributed by atoms with Crippen LogP contribution in [0.25, 0.3) is 21.3 Å². The van der Waals surface area contributed by atoms with Crippen LogP contribution in [0.4, 0.5) is 0 Å². The van der Waals surface area contributed by atoms with Crippen LogP contribution in [0.1, 0.15) is 32.1 Å². The Morgan fingerprint density at radius 2 is 1.12 bits per heavy atom. The normalized spacial score (nSPS) is 18.2. The van der Waals surface area contributed by atoms with Gasteiger partial charge < -0.3 is 21.3 Å². The summed E-state index contributed by atoms with van der Waals surface area (Å²) in [6, 6.07) is 0. The van der Waals surface area contributed by atoms with Crippen LogP contribution in [0.2, 0.25) is 0 Å². The summed E-state index contributed by atoms with van der Waals surface area (Å²) in [5.41, 5.74) is 0. The van der Waals surface area contributed by atoms with Crippen molar-refractivity contribution < 1.29 is 19.5 Å². The SMILES string of the molecule is C1=CC[N-]C=C1.C1=C[N-]C=CC1.C1=C[N-]C=CC1.C1CC[N-]CC1.[Zn]. The van der Waals surface area contributed by atoms with Gasteiger partial charge in [0, 0.05) is 19.5 Å². The second-order valence-corrected chi connectivity index (χ2v) is 5.17. The number of hydrogen-bond acceptors (Lipinski definition) is 0. The van der Waals surface area contributed by atoms with Crippen LogP contribution in [0.5, 0.6) is 0 Å². The third kappa shape index (κ3) is 18.6. The standard InChI is InChI=1S/C5H10N.3C5H6N.Zn/c4*1-2-4-6-5-3-1;/h1-5H2;2*2-5H,1H2;1-4H,5H2;/q4*-1;. The van der Waals surface area contributed by atoms with Gasteiger partial charge in [-0.3, -0.25) is 0 Å². The molecule has 4 heterocycles. The molecule has 0 N–H and O–H groups in total. The summed E-state index contributed by atoms with van der Waals surface area (Å²) in [5, 5.41) is 15.7. The molecule has 1 fully saturated rings. The minimum Gasteiger partial charge on any atom is -0.687 e. The van der Waals surface area contributed by atoms with Crippen LogP contribution in [0.15, 0.2) is 73.5 Å². The Morgan fingerprint density at radius 1 is 0.560 bits per heavy atom. The first kappa shape index (κ1) is 23.4. The van der Waals surface area contributed by atoms with E-state index < -0.39 is 0 Å². The van der Waals surface area contributed by atoms with Gasteiger partial charge in [-0.05, 0) is 12.8 Å². The van der Waals surface area contributed by atoms with Gasteiger partial charge in [-0.25, -0.2) is 0 Å². The molecule has 0 radical (unpaired) electrons. The molecule has 25 heavy (non-hydrogen) atoms. The van der Waals surface area contributed by atoms with E-state index in [2.05, 4.69) is 21.3 Å². The molecule has 0 aromatic heterocycles. The fourth-order valence-electron chi connectivity index (χ4n) is 1.85. The molecule has 4 aliphatic rings. The second-order valence-electron chi connectivity index (χ2n) is 5.17. The topological polar surface area (TPSA) is 56.4 Å². The maximum atomic E-state index is 4.18. The summed E-state index contributed by atoms with van der Waals surface area (Å²) < 4.78 is 0. The fraction of sp³-hybridized carbons (Fsp3) is 0.400. The predicted octanol–water partition coefficient (Wildman–Crippen LogP) is 6.57. The first-order chi connectivity index (χ1) is 12.0. The van der Waals surface area contributed by atoms with Crippen LogP contribution in [-0.4, -0.2) is 19.6 Å². The zero-order valence-corrected chi connectivity index (χ0v) is 18.0. The van der Waals surface area contributed by atoms with E-state index in [1.807, 2.05) is 42.5 Å². The van der Waals surface area contributed by atoms with Gasteiger partial charge in [0.25, 0.3) is 0 Å². The number of piperidine rings is 1. The monoisotopic (exact) mass is 388 g/mol. The van der Waals surface area contributed by atoms with E-state index in [0.717, 1.165) is 32.5 Å². The fourth-order valence-corrected chi connectivity index (χ4v) is 1.85. The minimum absolute atomic E-state index is 0. The van der Waals surface area contributed by atoms with Gasteiger partial charge in [-0.15, -0.1) is 50.0 Å². The Labute approximate surface area is 166 Å². The Morgan fingerprint density at radius 3 is 1.24 bits per heavy atom. The van der Waals surface area contributed by atoms with Gasteiger partial charge in [0.15, 0.2) is 0 Å². The molecule has 0 bridgehead atoms. The zero-order valence-electron chi connectivity index (χ0n) is 15.1. The van der Waals surface area contributed by atoms with E-state index in [0.29, 0.717) is 0 Å². The Bertz CT molecular complexity index is 359. The van der Waals surface area contributed by atoms with Crippen molar-refractivity contribution in [2.45, 2.75) is 32.1 Å². The van der Waals surface area contributed by atoms with Crippen LogP contribution in [-0.2, 0) is 19.5 Å². The number of allylic oxidation sites excluding steroid dienone is 6. The largest absolute Gasteiger partial charge is 0.687 e. The van der Waals surface area contributed by atoms with Crippen molar-refractivity contribution in [3.8, 4) is 0 Å². The summed E-state index contributed by atoms with van der Waals surface area (Å²) in [6.07, 6.45) is 29.2. The van der Waals surface area contributed by atoms with E-state index in [4.69, 9.17) is 0 Å². The first-order valence-corrected chi connectivity index (χ1v) is 8.61. The summed E-state index contributed by atoms with van der Waals surface area (Å²) in [5.74, 6) is 0. The summed E-state index contributed by atoms with van der Waals surface area (Å²) in [6.45, 7) is 3.11. The number of nitrogens with zero attached hydrogens (tertiary/aromatic N) is 4. The molecule has 1 saturated heterocycles. The predicted molar refractivity (Wildman–Crippen MR) is 106 cm³/mol. The molecule has 0 amide bonds. The molecule has 0 unspecified atom stereocenters. The van der Waals surface area contributed by atoms with Crippen molar-refractivity contribution in [1.82, 2.24) is 0 Å². The van der Waals surface area contributed by atoms with Crippen molar-refractivity contribution in [3.05, 3.63) is 94.8 Å². The number of hydrogen-bond donors (Lipinski definition) is 0. The van der Waals surface area contributed by atoms with E-state index in [9.17, 15) is 0 Å². The molecule has 0 aromatic rings. The van der Waals surface area contributed by atoms with Crippen molar-refractivity contribution >= 4 is 0 Å². The van der Waals surface area contributed by atoms with Crippen molar-refractivity contribution in [3.63, 3.8) is 0 Å². The molecule has 4 nitrogen and oxygen atoms in total. The summed E-state index contributed by atoms with van der Waals surface area (Å²) in [4.78, 5) is 0. The molecule has 5 heteroatoms. The van der Waals surface area contributed by atoms with E-state index in [-0.39, 0.29) is 19.5 Å². The van der Waals surface area contributed by atoms with Gasteiger partial charge in [0.05, 0.1) is 0 Å². The van der Waals surface area contributed by atoms with Crippen molar-refractivity contribution in [1.29, 1.82) is 0 Å². The molecule has 0 spiro atoms. The third-order valence-corrected chi connectivity index (χ3v) is 3.09. The van der Waals surface area contributed by atoms with Crippen molar-refractivity contribution in [2.24, 2.45) is 0 Å². The molecular formula is C20H28N4Zn-4. The molecular weight excluding hydrogens is 362 g/mol. The van der Waals surface area contributed by atoms with Crippen LogP contribution < -0.4 is 0 Å². The maximum Gasteiger partial charge on any atom is 0 e. The van der Waals surface area contributed by atoms with Crippen LogP contribution in [0, 0.1) is 0 Å². The van der Waals surface area contributed by atoms with Crippen LogP contribution in [0.3, 0.4) is 0 Å². The van der Waals surface area contributed by atoms with Gasteiger partial charge in [-0.2, -0.15) is 31.0 Å². The minimum atomic E-state index is 0. The van der Waals surface area contributed by atoms with Gasteiger partial charge in [0.2, 0.25) is 0 Å². The average Bonchev–Trinajstić information content (AvgIpc) is 2.75. The molecule has 0 atom stereocenters. The molecule has 0 saturated carbocycles. The zero-order chi connectivity index (χ0) is 17.0. The van der Waals surface area contributed by atoms with E-state index >= 15 is 0 Å². The van der Waals surface area contributed by atoms with Gasteiger partial charge >= 0.3 is 0 Å². The van der Waals surface area contributed by atoms with Crippen molar-refractivity contribution in [2.75, 3.05) is 19.6 Å². The number of rotatable bonds is 0. The molecule has 0 aromatic carbocycles. The first-order valence-electron chi connectivity index (χ1n) is 8.61. The van der Waals surface area contributed by atoms with Crippen LogP contribution >= 0.6 is 0 Å². The van der Waals surface area contributed by atoms with Gasteiger partial charge in [-0.1, -0.05) is 31.4 Å². The van der Waals surface area contributed by atoms with Gasteiger partial charge in [0.1, 0.15) is 0 Å². The maximum absolute atomic E-state index is 4.18. The second kappa shape index (κ2) is 20.5. The van der Waals surface area contributed by atoms with E-state index in [1.165, 1.54) is 19.3 Å². The Hall–Kier alpha value is -1.58. The molecule has 4 aliphatic heterocycles. The quantitative estimate of drug-likeness (QED) is 0.421. The molecule has 134 valence electrons. The Balaban J connectivity index is 0.000000303. The third-order valence-electron chi connectivity index (χ3n) is 3.09.